The highest BCUT2D eigenvalue weighted by Crippen LogP contribution is 2.19. The van der Waals surface area contributed by atoms with Crippen molar-refractivity contribution in [3.63, 3.8) is 0 Å². The van der Waals surface area contributed by atoms with Gasteiger partial charge < -0.3 is 0 Å². The van der Waals surface area contributed by atoms with Gasteiger partial charge in [0.1, 0.15) is 0 Å². The SMILES string of the molecule is O=C1CC(=O)N(c2ccccc2)C(=O)C1. The largest absolute Gasteiger partial charge is 0.299 e. The van der Waals surface area contributed by atoms with E-state index in [1.54, 1.807) is 30.3 Å². The number of imide groups is 1. The Morgan fingerprint density at radius 1 is 0.867 bits per heavy atom. The fourth-order valence-corrected chi connectivity index (χ4v) is 1.56. The molecular formula is C11H9NO3. The topological polar surface area (TPSA) is 54.5 Å². The first kappa shape index (κ1) is 9.58. The molecule has 0 radical (unpaired) electrons. The molecule has 1 heterocycles. The summed E-state index contributed by atoms with van der Waals surface area (Å²) in [6.07, 6.45) is -0.360. The van der Waals surface area contributed by atoms with Crippen molar-refractivity contribution in [1.29, 1.82) is 0 Å². The molecule has 2 rings (SSSR count). The Kier molecular flexibility index (Phi) is 2.33. The van der Waals surface area contributed by atoms with E-state index in [1.807, 2.05) is 0 Å². The molecule has 0 atom stereocenters. The summed E-state index contributed by atoms with van der Waals surface area (Å²) in [6, 6.07) is 8.63. The fraction of sp³-hybridized carbons (Fsp3) is 0.182. The van der Waals surface area contributed by atoms with Crippen LogP contribution < -0.4 is 4.90 Å². The number of amides is 2. The van der Waals surface area contributed by atoms with Crippen molar-refractivity contribution >= 4 is 23.3 Å². The summed E-state index contributed by atoms with van der Waals surface area (Å²) < 4.78 is 0. The lowest BCUT2D eigenvalue weighted by Crippen LogP contribution is -2.43. The zero-order chi connectivity index (χ0) is 10.8. The highest BCUT2D eigenvalue weighted by Gasteiger charge is 2.31. The Morgan fingerprint density at radius 3 is 1.93 bits per heavy atom. The van der Waals surface area contributed by atoms with E-state index < -0.39 is 11.8 Å². The van der Waals surface area contributed by atoms with E-state index in [4.69, 9.17) is 0 Å². The molecule has 4 nitrogen and oxygen atoms in total. The molecule has 0 bridgehead atoms. The molecule has 1 aliphatic rings. The van der Waals surface area contributed by atoms with Crippen LogP contribution in [-0.2, 0) is 14.4 Å². The Balaban J connectivity index is 2.33. The van der Waals surface area contributed by atoms with E-state index in [0.29, 0.717) is 5.69 Å². The first-order chi connectivity index (χ1) is 7.18. The fourth-order valence-electron chi connectivity index (χ4n) is 1.56. The number of hydrogen-bond acceptors (Lipinski definition) is 3. The Hall–Kier alpha value is -1.97. The van der Waals surface area contributed by atoms with Crippen LogP contribution in [0.25, 0.3) is 0 Å². The molecule has 0 aliphatic carbocycles. The number of rotatable bonds is 1. The van der Waals surface area contributed by atoms with Crippen LogP contribution in [0.1, 0.15) is 12.8 Å². The van der Waals surface area contributed by atoms with Gasteiger partial charge in [-0.1, -0.05) is 18.2 Å². The van der Waals surface area contributed by atoms with Crippen LogP contribution in [-0.4, -0.2) is 17.6 Å². The minimum absolute atomic E-state index is 0.180. The van der Waals surface area contributed by atoms with Gasteiger partial charge in [0.05, 0.1) is 18.5 Å². The summed E-state index contributed by atoms with van der Waals surface area (Å²) in [6.45, 7) is 0. The molecule has 0 aromatic heterocycles. The van der Waals surface area contributed by atoms with Crippen molar-refractivity contribution < 1.29 is 14.4 Å². The molecule has 1 aromatic rings. The molecule has 2 amide bonds. The van der Waals surface area contributed by atoms with E-state index in [2.05, 4.69) is 0 Å². The molecule has 1 fully saturated rings. The van der Waals surface area contributed by atoms with Gasteiger partial charge in [-0.15, -0.1) is 0 Å². The predicted molar refractivity (Wildman–Crippen MR) is 53.2 cm³/mol. The molecule has 1 aromatic carbocycles. The number of carbonyl (C=O) groups is 3. The minimum Gasteiger partial charge on any atom is -0.299 e. The summed E-state index contributed by atoms with van der Waals surface area (Å²) in [5.74, 6) is -1.19. The van der Waals surface area contributed by atoms with Crippen molar-refractivity contribution in [1.82, 2.24) is 0 Å². The van der Waals surface area contributed by atoms with Crippen LogP contribution in [0.2, 0.25) is 0 Å². The number of para-hydroxylation sites is 1. The maximum atomic E-state index is 11.5. The number of anilines is 1. The quantitative estimate of drug-likeness (QED) is 0.503. The molecule has 76 valence electrons. The van der Waals surface area contributed by atoms with Crippen molar-refractivity contribution in [2.75, 3.05) is 4.90 Å². The Morgan fingerprint density at radius 2 is 1.40 bits per heavy atom. The van der Waals surface area contributed by atoms with Gasteiger partial charge in [0.15, 0.2) is 5.78 Å². The zero-order valence-corrected chi connectivity index (χ0v) is 7.97. The van der Waals surface area contributed by atoms with E-state index >= 15 is 0 Å². The zero-order valence-electron chi connectivity index (χ0n) is 7.97. The van der Waals surface area contributed by atoms with E-state index in [-0.39, 0.29) is 18.6 Å². The molecule has 0 spiro atoms. The highest BCUT2D eigenvalue weighted by molar-refractivity contribution is 6.27. The lowest BCUT2D eigenvalue weighted by Gasteiger charge is -2.23. The molecule has 0 unspecified atom stereocenters. The number of Topliss-reactive ketones (excluding diaryl/α,β-unsaturated/α-hetero) is 1. The third-order valence-electron chi connectivity index (χ3n) is 2.21. The van der Waals surface area contributed by atoms with Crippen LogP contribution in [0.15, 0.2) is 30.3 Å². The van der Waals surface area contributed by atoms with Crippen LogP contribution in [0.4, 0.5) is 5.69 Å². The number of hydrogen-bond donors (Lipinski definition) is 0. The summed E-state index contributed by atoms with van der Waals surface area (Å²) >= 11 is 0. The lowest BCUT2D eigenvalue weighted by molar-refractivity contribution is -0.135. The molecule has 1 saturated heterocycles. The van der Waals surface area contributed by atoms with Gasteiger partial charge in [-0.3, -0.25) is 14.4 Å². The number of piperidine rings is 1. The first-order valence-corrected chi connectivity index (χ1v) is 4.61. The second-order valence-corrected chi connectivity index (χ2v) is 3.35. The highest BCUT2D eigenvalue weighted by atomic mass is 16.2. The first-order valence-electron chi connectivity index (χ1n) is 4.61. The lowest BCUT2D eigenvalue weighted by atomic mass is 10.1. The Labute approximate surface area is 86.5 Å². The summed E-state index contributed by atoms with van der Waals surface area (Å²) in [4.78, 5) is 35.1. The molecule has 15 heavy (non-hydrogen) atoms. The number of ketones is 1. The minimum atomic E-state index is -0.442. The normalized spacial score (nSPS) is 17.1. The second-order valence-electron chi connectivity index (χ2n) is 3.35. The van der Waals surface area contributed by atoms with Crippen molar-refractivity contribution in [2.24, 2.45) is 0 Å². The van der Waals surface area contributed by atoms with Crippen LogP contribution >= 0.6 is 0 Å². The van der Waals surface area contributed by atoms with Gasteiger partial charge in [0, 0.05) is 0 Å². The van der Waals surface area contributed by atoms with Crippen molar-refractivity contribution in [3.8, 4) is 0 Å². The molecule has 4 heteroatoms. The number of carbonyl (C=O) groups excluding carboxylic acids is 3. The predicted octanol–water partition coefficient (Wildman–Crippen LogP) is 0.909. The maximum Gasteiger partial charge on any atom is 0.241 e. The monoisotopic (exact) mass is 203 g/mol. The molecule has 1 aliphatic heterocycles. The second kappa shape index (κ2) is 3.65. The van der Waals surface area contributed by atoms with Crippen molar-refractivity contribution in [2.45, 2.75) is 12.8 Å². The molecule has 0 N–H and O–H groups in total. The summed E-state index contributed by atoms with van der Waals surface area (Å²) in [7, 11) is 0. The summed E-state index contributed by atoms with van der Waals surface area (Å²) in [5, 5.41) is 0. The number of nitrogens with zero attached hydrogens (tertiary/aromatic N) is 1. The molecular weight excluding hydrogens is 194 g/mol. The smallest absolute Gasteiger partial charge is 0.241 e. The van der Waals surface area contributed by atoms with E-state index in [9.17, 15) is 14.4 Å². The average molecular weight is 203 g/mol. The third-order valence-corrected chi connectivity index (χ3v) is 2.21. The van der Waals surface area contributed by atoms with Gasteiger partial charge in [-0.05, 0) is 12.1 Å². The third kappa shape index (κ3) is 1.79. The Bertz CT molecular complexity index is 405. The van der Waals surface area contributed by atoms with Crippen LogP contribution in [0, 0.1) is 0 Å². The van der Waals surface area contributed by atoms with Crippen LogP contribution in [0.5, 0.6) is 0 Å². The molecule has 0 saturated carbocycles. The number of benzene rings is 1. The maximum absolute atomic E-state index is 11.5. The summed E-state index contributed by atoms with van der Waals surface area (Å²) in [5.41, 5.74) is 0.528. The van der Waals surface area contributed by atoms with Crippen LogP contribution in [0.3, 0.4) is 0 Å². The standard InChI is InChI=1S/C11H9NO3/c13-9-6-10(14)12(11(15)7-9)8-4-2-1-3-5-8/h1-5H,6-7H2. The van der Waals surface area contributed by atoms with E-state index in [1.165, 1.54) is 0 Å². The average Bonchev–Trinajstić information content (AvgIpc) is 2.17. The van der Waals surface area contributed by atoms with E-state index in [0.717, 1.165) is 4.90 Å². The van der Waals surface area contributed by atoms with Gasteiger partial charge in [-0.25, -0.2) is 4.90 Å². The van der Waals surface area contributed by atoms with Crippen molar-refractivity contribution in [3.05, 3.63) is 30.3 Å². The van der Waals surface area contributed by atoms with Gasteiger partial charge in [0.25, 0.3) is 0 Å². The van der Waals surface area contributed by atoms with Gasteiger partial charge in [0.2, 0.25) is 11.8 Å². The van der Waals surface area contributed by atoms with Gasteiger partial charge >= 0.3 is 0 Å². The van der Waals surface area contributed by atoms with Gasteiger partial charge in [-0.2, -0.15) is 0 Å².